The van der Waals surface area contributed by atoms with Crippen molar-refractivity contribution in [2.24, 2.45) is 0 Å². The van der Waals surface area contributed by atoms with Crippen LogP contribution in [0.5, 0.6) is 5.75 Å². The first kappa shape index (κ1) is 14.1. The third-order valence-electron chi connectivity index (χ3n) is 3.70. The van der Waals surface area contributed by atoms with Crippen LogP contribution in [0.4, 0.5) is 0 Å². The lowest BCUT2D eigenvalue weighted by atomic mass is 10.1. The second-order valence-corrected chi connectivity index (χ2v) is 5.20. The highest BCUT2D eigenvalue weighted by atomic mass is 16.5. The molecule has 0 atom stereocenters. The molecule has 0 fully saturated rings. The number of phenols is 1. The molecule has 24 heavy (non-hydrogen) atoms. The molecule has 2 aromatic carbocycles. The maximum absolute atomic E-state index is 10.7. The Bertz CT molecular complexity index is 1050. The zero-order chi connectivity index (χ0) is 16.5. The number of benzene rings is 2. The number of aldehydes is 1. The number of aromatic hydroxyl groups is 1. The second kappa shape index (κ2) is 5.58. The number of hydrogen-bond donors (Lipinski definition) is 1. The number of phenolic OH excluding ortho intramolecular Hbond substituents is 1. The number of hydrogen-bond acceptors (Lipinski definition) is 6. The summed E-state index contributed by atoms with van der Waals surface area (Å²) in [6, 6.07) is 14.2. The van der Waals surface area contributed by atoms with E-state index in [9.17, 15) is 9.90 Å². The lowest BCUT2D eigenvalue weighted by molar-refractivity contribution is 0.112. The van der Waals surface area contributed by atoms with Crippen molar-refractivity contribution in [2.45, 2.75) is 0 Å². The van der Waals surface area contributed by atoms with Crippen molar-refractivity contribution in [3.63, 3.8) is 0 Å². The summed E-state index contributed by atoms with van der Waals surface area (Å²) in [5.74, 6) is 0.399. The Labute approximate surface area is 136 Å². The maximum Gasteiger partial charge on any atom is 0.262 e. The lowest BCUT2D eigenvalue weighted by Crippen LogP contribution is -1.88. The zero-order valence-electron chi connectivity index (χ0n) is 12.4. The van der Waals surface area contributed by atoms with Crippen LogP contribution in [0.15, 0.2) is 59.3 Å². The molecule has 1 N–H and O–H groups in total. The van der Waals surface area contributed by atoms with Crippen molar-refractivity contribution in [1.82, 2.24) is 15.1 Å². The topological polar surface area (TPSA) is 89.1 Å². The van der Waals surface area contributed by atoms with E-state index in [0.29, 0.717) is 28.9 Å². The van der Waals surface area contributed by atoms with Gasteiger partial charge in [0.25, 0.3) is 5.89 Å². The molecule has 0 amide bonds. The molecule has 0 aliphatic carbocycles. The van der Waals surface area contributed by atoms with Crippen LogP contribution in [0, 0.1) is 0 Å². The number of nitrogens with zero attached hydrogens (tertiary/aromatic N) is 3. The summed E-state index contributed by atoms with van der Waals surface area (Å²) in [7, 11) is 0. The molecule has 116 valence electrons. The number of aromatic nitrogens is 3. The van der Waals surface area contributed by atoms with Crippen LogP contribution in [0.2, 0.25) is 0 Å². The smallest absolute Gasteiger partial charge is 0.262 e. The summed E-state index contributed by atoms with van der Waals surface area (Å²) in [4.78, 5) is 19.4. The summed E-state index contributed by atoms with van der Waals surface area (Å²) in [6.45, 7) is 0. The summed E-state index contributed by atoms with van der Waals surface area (Å²) < 4.78 is 5.26. The van der Waals surface area contributed by atoms with Crippen molar-refractivity contribution in [1.29, 1.82) is 0 Å². The van der Waals surface area contributed by atoms with Crippen LogP contribution in [0.25, 0.3) is 33.7 Å². The van der Waals surface area contributed by atoms with E-state index in [-0.39, 0.29) is 11.6 Å². The SMILES string of the molecule is O=Cc1ccc(-c2nc(-c3nccc4ccccc34)no2)c(O)c1. The van der Waals surface area contributed by atoms with E-state index >= 15 is 0 Å². The molecule has 0 unspecified atom stereocenters. The number of pyridine rings is 1. The summed E-state index contributed by atoms with van der Waals surface area (Å²) in [5.41, 5.74) is 1.33. The quantitative estimate of drug-likeness (QED) is 0.582. The average molecular weight is 317 g/mol. The molecule has 4 rings (SSSR count). The van der Waals surface area contributed by atoms with Crippen molar-refractivity contribution in [3.05, 3.63) is 60.3 Å². The van der Waals surface area contributed by atoms with Crippen molar-refractivity contribution < 1.29 is 14.4 Å². The molecule has 0 spiro atoms. The molecular weight excluding hydrogens is 306 g/mol. The van der Waals surface area contributed by atoms with E-state index in [1.54, 1.807) is 18.3 Å². The van der Waals surface area contributed by atoms with E-state index in [1.165, 1.54) is 6.07 Å². The molecule has 0 aliphatic rings. The van der Waals surface area contributed by atoms with Crippen LogP contribution in [0.3, 0.4) is 0 Å². The normalized spacial score (nSPS) is 10.8. The van der Waals surface area contributed by atoms with E-state index in [1.807, 2.05) is 30.3 Å². The minimum atomic E-state index is -0.0966. The first-order chi connectivity index (χ1) is 11.8. The molecule has 6 nitrogen and oxygen atoms in total. The van der Waals surface area contributed by atoms with Gasteiger partial charge in [-0.1, -0.05) is 35.5 Å². The van der Waals surface area contributed by atoms with Crippen LogP contribution < -0.4 is 0 Å². The Morgan fingerprint density at radius 2 is 1.96 bits per heavy atom. The van der Waals surface area contributed by atoms with Crippen LogP contribution in [0.1, 0.15) is 10.4 Å². The van der Waals surface area contributed by atoms with Gasteiger partial charge in [-0.25, -0.2) is 0 Å². The molecular formula is C18H11N3O3. The molecule has 2 aromatic heterocycles. The standard InChI is InChI=1S/C18H11N3O3/c22-10-11-5-6-14(15(23)9-11)18-20-17(21-24-18)16-13-4-2-1-3-12(13)7-8-19-16/h1-10,23H. The van der Waals surface area contributed by atoms with Crippen LogP contribution in [-0.2, 0) is 0 Å². The Morgan fingerprint density at radius 1 is 1.08 bits per heavy atom. The van der Waals surface area contributed by atoms with Gasteiger partial charge in [0.1, 0.15) is 17.7 Å². The number of carbonyl (C=O) groups excluding carboxylic acids is 1. The third-order valence-corrected chi connectivity index (χ3v) is 3.70. The zero-order valence-corrected chi connectivity index (χ0v) is 12.4. The molecule has 2 heterocycles. The Hall–Kier alpha value is -3.54. The first-order valence-electron chi connectivity index (χ1n) is 7.22. The highest BCUT2D eigenvalue weighted by Crippen LogP contribution is 2.31. The Balaban J connectivity index is 1.81. The number of fused-ring (bicyclic) bond motifs is 1. The molecule has 0 aliphatic heterocycles. The number of rotatable bonds is 3. The monoisotopic (exact) mass is 317 g/mol. The third kappa shape index (κ3) is 2.30. The van der Waals surface area contributed by atoms with E-state index in [4.69, 9.17) is 4.52 Å². The first-order valence-corrected chi connectivity index (χ1v) is 7.22. The van der Waals surface area contributed by atoms with Gasteiger partial charge in [0.15, 0.2) is 0 Å². The largest absolute Gasteiger partial charge is 0.507 e. The highest BCUT2D eigenvalue weighted by molar-refractivity contribution is 5.92. The highest BCUT2D eigenvalue weighted by Gasteiger charge is 2.16. The van der Waals surface area contributed by atoms with Crippen LogP contribution in [-0.4, -0.2) is 26.5 Å². The van der Waals surface area contributed by atoms with Gasteiger partial charge in [0, 0.05) is 17.1 Å². The lowest BCUT2D eigenvalue weighted by Gasteiger charge is -2.01. The molecule has 6 heteroatoms. The van der Waals surface area contributed by atoms with E-state index < -0.39 is 0 Å². The molecule has 4 aromatic rings. The van der Waals surface area contributed by atoms with Crippen LogP contribution >= 0.6 is 0 Å². The Kier molecular flexibility index (Phi) is 3.28. The van der Waals surface area contributed by atoms with E-state index in [2.05, 4.69) is 15.1 Å². The summed E-state index contributed by atoms with van der Waals surface area (Å²) in [5, 5.41) is 15.9. The van der Waals surface area contributed by atoms with Crippen molar-refractivity contribution in [2.75, 3.05) is 0 Å². The predicted molar refractivity (Wildman–Crippen MR) is 87.5 cm³/mol. The Morgan fingerprint density at radius 3 is 2.79 bits per heavy atom. The van der Waals surface area contributed by atoms with Gasteiger partial charge in [0.2, 0.25) is 5.82 Å². The summed E-state index contributed by atoms with van der Waals surface area (Å²) >= 11 is 0. The van der Waals surface area contributed by atoms with Gasteiger partial charge < -0.3 is 9.63 Å². The minimum Gasteiger partial charge on any atom is -0.507 e. The second-order valence-electron chi connectivity index (χ2n) is 5.20. The summed E-state index contributed by atoms with van der Waals surface area (Å²) in [6.07, 6.45) is 2.34. The van der Waals surface area contributed by atoms with Gasteiger partial charge in [-0.2, -0.15) is 4.98 Å². The van der Waals surface area contributed by atoms with Crippen molar-refractivity contribution in [3.8, 4) is 28.7 Å². The maximum atomic E-state index is 10.7. The van der Waals surface area contributed by atoms with Gasteiger partial charge in [-0.05, 0) is 23.6 Å². The van der Waals surface area contributed by atoms with Gasteiger partial charge in [0.05, 0.1) is 5.56 Å². The van der Waals surface area contributed by atoms with Crippen molar-refractivity contribution >= 4 is 17.1 Å². The average Bonchev–Trinajstić information content (AvgIpc) is 3.10. The molecule has 0 radical (unpaired) electrons. The van der Waals surface area contributed by atoms with Gasteiger partial charge in [-0.3, -0.25) is 9.78 Å². The van der Waals surface area contributed by atoms with E-state index in [0.717, 1.165) is 10.8 Å². The minimum absolute atomic E-state index is 0.0966. The number of carbonyl (C=O) groups is 1. The fraction of sp³-hybridized carbons (Fsp3) is 0. The fourth-order valence-electron chi connectivity index (χ4n) is 2.53. The molecule has 0 bridgehead atoms. The van der Waals surface area contributed by atoms with Gasteiger partial charge in [-0.15, -0.1) is 0 Å². The van der Waals surface area contributed by atoms with Gasteiger partial charge >= 0.3 is 0 Å². The molecule has 0 saturated heterocycles. The fourth-order valence-corrected chi connectivity index (χ4v) is 2.53. The molecule has 0 saturated carbocycles. The predicted octanol–water partition coefficient (Wildman–Crippen LogP) is 3.47.